The van der Waals surface area contributed by atoms with Gasteiger partial charge in [-0.2, -0.15) is 0 Å². The number of aryl methyl sites for hydroxylation is 1. The van der Waals surface area contributed by atoms with Crippen LogP contribution in [0, 0.1) is 6.92 Å². The normalized spacial score (nSPS) is 15.5. The van der Waals surface area contributed by atoms with Gasteiger partial charge in [0.05, 0.1) is 10.0 Å². The minimum absolute atomic E-state index is 0.0771. The summed E-state index contributed by atoms with van der Waals surface area (Å²) >= 11 is 12.1. The number of carbonyl (C=O) groups excluding carboxylic acids is 2. The minimum Gasteiger partial charge on any atom is -0.352 e. The second kappa shape index (κ2) is 6.91. The Labute approximate surface area is 149 Å². The largest absolute Gasteiger partial charge is 0.352 e. The first-order valence-corrected chi connectivity index (χ1v) is 8.48. The van der Waals surface area contributed by atoms with E-state index in [-0.39, 0.29) is 17.0 Å². The number of piperidine rings is 1. The fourth-order valence-corrected chi connectivity index (χ4v) is 3.29. The Balaban J connectivity index is 1.58. The molecule has 0 spiro atoms. The molecule has 0 aliphatic carbocycles. The molecule has 1 amide bonds. The van der Waals surface area contributed by atoms with Crippen molar-refractivity contribution in [2.24, 2.45) is 0 Å². The van der Waals surface area contributed by atoms with E-state index < -0.39 is 0 Å². The summed E-state index contributed by atoms with van der Waals surface area (Å²) in [6.45, 7) is 3.35. The molecule has 2 aromatic rings. The Kier molecular flexibility index (Phi) is 4.87. The van der Waals surface area contributed by atoms with Crippen LogP contribution in [0.3, 0.4) is 0 Å². The number of H-pyrrole nitrogens is 1. The van der Waals surface area contributed by atoms with Gasteiger partial charge in [0, 0.05) is 42.8 Å². The van der Waals surface area contributed by atoms with Gasteiger partial charge in [0.25, 0.3) is 5.91 Å². The predicted molar refractivity (Wildman–Crippen MR) is 93.8 cm³/mol. The molecule has 0 bridgehead atoms. The second-order valence-corrected chi connectivity index (χ2v) is 6.65. The average molecular weight is 369 g/mol. The summed E-state index contributed by atoms with van der Waals surface area (Å²) in [7, 11) is 0. The van der Waals surface area contributed by atoms with Gasteiger partial charge in [-0.25, -0.2) is 0 Å². The highest BCUT2D eigenvalue weighted by atomic mass is 35.5. The smallest absolute Gasteiger partial charge is 0.269 e. The van der Waals surface area contributed by atoms with Gasteiger partial charge in [0.1, 0.15) is 5.69 Å². The van der Waals surface area contributed by atoms with Crippen LogP contribution in [0.4, 0.5) is 0 Å². The molecular weight excluding hydrogens is 351 g/mol. The fraction of sp³-hybridized carbons (Fsp3) is 0.375. The Bertz CT molecular complexity index is 760. The van der Waals surface area contributed by atoms with E-state index in [1.807, 2.05) is 10.9 Å². The first-order valence-electron chi connectivity index (χ1n) is 7.72. The van der Waals surface area contributed by atoms with Crippen LogP contribution in [0.1, 0.15) is 39.4 Å². The molecule has 6 nitrogen and oxygen atoms in total. The van der Waals surface area contributed by atoms with Gasteiger partial charge in [0.2, 0.25) is 0 Å². The number of amides is 1. The van der Waals surface area contributed by atoms with E-state index in [1.165, 1.54) is 0 Å². The number of halogens is 2. The SMILES string of the molecule is Cc1[nH]c(C(=O)NC2CCN(n3ccc(C=O)c3)CC2)c(Cl)c1Cl. The van der Waals surface area contributed by atoms with Crippen molar-refractivity contribution in [2.75, 3.05) is 18.1 Å². The second-order valence-electron chi connectivity index (χ2n) is 5.90. The summed E-state index contributed by atoms with van der Waals surface area (Å²) in [5, 5.41) is 5.78. The lowest BCUT2D eigenvalue weighted by molar-refractivity contribution is 0.0925. The van der Waals surface area contributed by atoms with Crippen molar-refractivity contribution < 1.29 is 9.59 Å². The molecule has 1 fully saturated rings. The van der Waals surface area contributed by atoms with Crippen molar-refractivity contribution in [1.82, 2.24) is 15.0 Å². The number of carbonyl (C=O) groups is 2. The zero-order valence-electron chi connectivity index (χ0n) is 13.2. The zero-order valence-corrected chi connectivity index (χ0v) is 14.7. The Morgan fingerprint density at radius 1 is 1.33 bits per heavy atom. The predicted octanol–water partition coefficient (Wildman–Crippen LogP) is 2.77. The number of aldehydes is 1. The van der Waals surface area contributed by atoms with Crippen molar-refractivity contribution in [3.63, 3.8) is 0 Å². The number of nitrogens with one attached hydrogen (secondary N) is 2. The minimum atomic E-state index is -0.238. The van der Waals surface area contributed by atoms with Crippen LogP contribution >= 0.6 is 23.2 Å². The highest BCUT2D eigenvalue weighted by Gasteiger charge is 2.24. The third-order valence-electron chi connectivity index (χ3n) is 4.25. The Morgan fingerprint density at radius 2 is 2.04 bits per heavy atom. The maximum Gasteiger partial charge on any atom is 0.269 e. The van der Waals surface area contributed by atoms with E-state index in [4.69, 9.17) is 23.2 Å². The van der Waals surface area contributed by atoms with Gasteiger partial charge in [-0.05, 0) is 25.8 Å². The highest BCUT2D eigenvalue weighted by Crippen LogP contribution is 2.29. The van der Waals surface area contributed by atoms with Crippen LogP contribution in [0.2, 0.25) is 10.0 Å². The van der Waals surface area contributed by atoms with E-state index in [9.17, 15) is 9.59 Å². The average Bonchev–Trinajstić information content (AvgIpc) is 3.16. The van der Waals surface area contributed by atoms with Gasteiger partial charge in [0.15, 0.2) is 6.29 Å². The molecule has 1 aliphatic heterocycles. The monoisotopic (exact) mass is 368 g/mol. The molecule has 24 heavy (non-hydrogen) atoms. The van der Waals surface area contributed by atoms with Crippen LogP contribution < -0.4 is 10.3 Å². The zero-order chi connectivity index (χ0) is 17.3. The maximum atomic E-state index is 12.3. The van der Waals surface area contributed by atoms with Crippen molar-refractivity contribution in [3.05, 3.63) is 45.5 Å². The lowest BCUT2D eigenvalue weighted by atomic mass is 10.1. The molecule has 8 heteroatoms. The van der Waals surface area contributed by atoms with Crippen molar-refractivity contribution in [2.45, 2.75) is 25.8 Å². The molecule has 3 heterocycles. The molecule has 0 atom stereocenters. The molecule has 3 rings (SSSR count). The molecule has 0 unspecified atom stereocenters. The van der Waals surface area contributed by atoms with Gasteiger partial charge in [-0.15, -0.1) is 0 Å². The summed E-state index contributed by atoms with van der Waals surface area (Å²) < 4.78 is 1.92. The Morgan fingerprint density at radius 3 is 2.58 bits per heavy atom. The van der Waals surface area contributed by atoms with Crippen LogP contribution in [0.5, 0.6) is 0 Å². The molecule has 1 saturated heterocycles. The molecule has 0 radical (unpaired) electrons. The summed E-state index contributed by atoms with van der Waals surface area (Å²) in [5.41, 5.74) is 1.64. The van der Waals surface area contributed by atoms with Crippen molar-refractivity contribution >= 4 is 35.4 Å². The summed E-state index contributed by atoms with van der Waals surface area (Å²) in [6, 6.07) is 1.86. The van der Waals surface area contributed by atoms with Crippen molar-refractivity contribution in [3.8, 4) is 0 Å². The van der Waals surface area contributed by atoms with Crippen LogP contribution in [-0.4, -0.2) is 41.0 Å². The Hall–Kier alpha value is -1.92. The van der Waals surface area contributed by atoms with E-state index in [0.29, 0.717) is 22.0 Å². The summed E-state index contributed by atoms with van der Waals surface area (Å²) in [4.78, 5) is 26.0. The van der Waals surface area contributed by atoms with Gasteiger partial charge in [-0.1, -0.05) is 23.2 Å². The lowest BCUT2D eigenvalue weighted by Gasteiger charge is -2.34. The van der Waals surface area contributed by atoms with E-state index in [0.717, 1.165) is 32.2 Å². The molecule has 128 valence electrons. The van der Waals surface area contributed by atoms with Gasteiger partial charge < -0.3 is 15.3 Å². The van der Waals surface area contributed by atoms with Gasteiger partial charge in [-0.3, -0.25) is 14.3 Å². The third-order valence-corrected chi connectivity index (χ3v) is 5.20. The van der Waals surface area contributed by atoms with Crippen LogP contribution in [-0.2, 0) is 0 Å². The van der Waals surface area contributed by atoms with Crippen LogP contribution in [0.25, 0.3) is 0 Å². The molecule has 1 aliphatic rings. The van der Waals surface area contributed by atoms with E-state index in [1.54, 1.807) is 19.2 Å². The lowest BCUT2D eigenvalue weighted by Crippen LogP contribution is -2.48. The first-order chi connectivity index (χ1) is 11.5. The fourth-order valence-electron chi connectivity index (χ4n) is 2.87. The number of aromatic nitrogens is 2. The van der Waals surface area contributed by atoms with Gasteiger partial charge >= 0.3 is 0 Å². The highest BCUT2D eigenvalue weighted by molar-refractivity contribution is 6.44. The maximum absolute atomic E-state index is 12.3. The standard InChI is InChI=1S/C16H18Cl2N4O2/c1-10-13(17)14(18)15(19-10)16(24)20-12-3-6-21(7-4-12)22-5-2-11(8-22)9-23/h2,5,8-9,12,19H,3-4,6-7H2,1H3,(H,20,24). The third kappa shape index (κ3) is 3.30. The first kappa shape index (κ1) is 16.9. The molecular formula is C16H18Cl2N4O2. The van der Waals surface area contributed by atoms with E-state index >= 15 is 0 Å². The number of hydrogen-bond donors (Lipinski definition) is 2. The number of aromatic amines is 1. The molecule has 2 aromatic heterocycles. The number of rotatable bonds is 4. The molecule has 2 N–H and O–H groups in total. The quantitative estimate of drug-likeness (QED) is 0.815. The molecule has 0 saturated carbocycles. The number of hydrogen-bond acceptors (Lipinski definition) is 3. The topological polar surface area (TPSA) is 70.1 Å². The van der Waals surface area contributed by atoms with E-state index in [2.05, 4.69) is 15.3 Å². The summed E-state index contributed by atoms with van der Waals surface area (Å²) in [5.74, 6) is -0.238. The molecule has 0 aromatic carbocycles. The van der Waals surface area contributed by atoms with Crippen molar-refractivity contribution in [1.29, 1.82) is 0 Å². The number of nitrogens with zero attached hydrogens (tertiary/aromatic N) is 2. The van der Waals surface area contributed by atoms with Crippen LogP contribution in [0.15, 0.2) is 18.5 Å². The summed E-state index contributed by atoms with van der Waals surface area (Å²) in [6.07, 6.45) is 6.12.